The fourth-order valence-electron chi connectivity index (χ4n) is 1.62. The second-order valence-corrected chi connectivity index (χ2v) is 5.14. The van der Waals surface area contributed by atoms with Gasteiger partial charge in [0.1, 0.15) is 0 Å². The molecule has 0 spiro atoms. The van der Waals surface area contributed by atoms with Gasteiger partial charge >= 0.3 is 0 Å². The normalized spacial score (nSPS) is 13.7. The first kappa shape index (κ1) is 15.9. The van der Waals surface area contributed by atoms with E-state index in [1.54, 1.807) is 0 Å². The second kappa shape index (κ2) is 10.1. The Labute approximate surface area is 101 Å². The van der Waals surface area contributed by atoms with Crippen LogP contribution >= 0.6 is 0 Å². The summed E-state index contributed by atoms with van der Waals surface area (Å²) < 4.78 is 5.55. The van der Waals surface area contributed by atoms with Crippen LogP contribution < -0.4 is 5.32 Å². The van der Waals surface area contributed by atoms with Crippen molar-refractivity contribution in [2.75, 3.05) is 19.8 Å². The molecular formula is C13H29NO2. The lowest BCUT2D eigenvalue weighted by Gasteiger charge is -2.18. The van der Waals surface area contributed by atoms with E-state index in [2.05, 4.69) is 33.0 Å². The van der Waals surface area contributed by atoms with Gasteiger partial charge in [0.05, 0.1) is 6.61 Å². The van der Waals surface area contributed by atoms with E-state index in [0.29, 0.717) is 6.04 Å². The summed E-state index contributed by atoms with van der Waals surface area (Å²) in [4.78, 5) is 0. The maximum Gasteiger partial charge on any atom is 0.0585 e. The fourth-order valence-corrected chi connectivity index (χ4v) is 1.62. The van der Waals surface area contributed by atoms with Crippen molar-refractivity contribution in [2.45, 2.75) is 59.0 Å². The lowest BCUT2D eigenvalue weighted by molar-refractivity contribution is 0.107. The number of nitrogens with one attached hydrogen (secondary N) is 1. The highest BCUT2D eigenvalue weighted by atomic mass is 16.5. The van der Waals surface area contributed by atoms with Gasteiger partial charge in [-0.1, -0.05) is 27.7 Å². The van der Waals surface area contributed by atoms with E-state index in [-0.39, 0.29) is 12.6 Å². The van der Waals surface area contributed by atoms with Crippen molar-refractivity contribution < 1.29 is 9.84 Å². The number of hydrogen-bond acceptors (Lipinski definition) is 3. The first-order chi connectivity index (χ1) is 7.56. The molecule has 0 aliphatic heterocycles. The maximum absolute atomic E-state index is 9.13. The molecule has 0 amide bonds. The van der Waals surface area contributed by atoms with Crippen LogP contribution in [-0.4, -0.2) is 37.0 Å². The monoisotopic (exact) mass is 231 g/mol. The van der Waals surface area contributed by atoms with E-state index in [1.165, 1.54) is 6.42 Å². The molecule has 3 nitrogen and oxygen atoms in total. The molecule has 0 aromatic rings. The summed E-state index contributed by atoms with van der Waals surface area (Å²) in [7, 11) is 0. The van der Waals surface area contributed by atoms with Crippen molar-refractivity contribution >= 4 is 0 Å². The zero-order chi connectivity index (χ0) is 12.4. The Morgan fingerprint density at radius 3 is 2.25 bits per heavy atom. The van der Waals surface area contributed by atoms with Crippen molar-refractivity contribution in [1.82, 2.24) is 5.32 Å². The Morgan fingerprint density at radius 2 is 1.75 bits per heavy atom. The van der Waals surface area contributed by atoms with E-state index < -0.39 is 0 Å². The van der Waals surface area contributed by atoms with Crippen molar-refractivity contribution in [3.8, 4) is 0 Å². The zero-order valence-corrected chi connectivity index (χ0v) is 11.3. The van der Waals surface area contributed by atoms with Gasteiger partial charge in [0, 0.05) is 25.3 Å². The summed E-state index contributed by atoms with van der Waals surface area (Å²) >= 11 is 0. The Hall–Kier alpha value is -0.120. The van der Waals surface area contributed by atoms with Crippen LogP contribution in [0, 0.1) is 5.92 Å². The molecule has 0 saturated heterocycles. The summed E-state index contributed by atoms with van der Waals surface area (Å²) in [5, 5.41) is 12.4. The minimum Gasteiger partial charge on any atom is -0.395 e. The van der Waals surface area contributed by atoms with Gasteiger partial charge < -0.3 is 15.2 Å². The number of hydrogen-bond donors (Lipinski definition) is 2. The third kappa shape index (κ3) is 10.4. The second-order valence-electron chi connectivity index (χ2n) is 5.14. The Morgan fingerprint density at radius 1 is 1.06 bits per heavy atom. The maximum atomic E-state index is 9.13. The first-order valence-corrected chi connectivity index (χ1v) is 6.51. The highest BCUT2D eigenvalue weighted by molar-refractivity contribution is 4.67. The van der Waals surface area contributed by atoms with E-state index in [1.807, 2.05) is 0 Å². The van der Waals surface area contributed by atoms with Crippen LogP contribution in [0.25, 0.3) is 0 Å². The molecule has 0 aromatic heterocycles. The fraction of sp³-hybridized carbons (Fsp3) is 1.00. The highest BCUT2D eigenvalue weighted by Crippen LogP contribution is 2.03. The van der Waals surface area contributed by atoms with Gasteiger partial charge in [-0.05, 0) is 25.2 Å². The van der Waals surface area contributed by atoms with E-state index >= 15 is 0 Å². The van der Waals surface area contributed by atoms with Crippen LogP contribution in [-0.2, 0) is 4.74 Å². The van der Waals surface area contributed by atoms with Gasteiger partial charge in [-0.3, -0.25) is 0 Å². The highest BCUT2D eigenvalue weighted by Gasteiger charge is 2.07. The van der Waals surface area contributed by atoms with Crippen molar-refractivity contribution in [1.29, 1.82) is 0 Å². The van der Waals surface area contributed by atoms with Gasteiger partial charge in [-0.2, -0.15) is 0 Å². The molecule has 0 aliphatic carbocycles. The van der Waals surface area contributed by atoms with Crippen molar-refractivity contribution in [2.24, 2.45) is 5.92 Å². The molecule has 1 atom stereocenters. The predicted molar refractivity (Wildman–Crippen MR) is 68.7 cm³/mol. The van der Waals surface area contributed by atoms with Crippen LogP contribution in [0.4, 0.5) is 0 Å². The molecule has 1 unspecified atom stereocenters. The Balaban J connectivity index is 3.34. The molecule has 0 saturated carbocycles. The summed E-state index contributed by atoms with van der Waals surface area (Å²) in [6, 6.07) is 0.586. The van der Waals surface area contributed by atoms with Crippen LogP contribution in [0.1, 0.15) is 47.0 Å². The molecular weight excluding hydrogens is 202 g/mol. The van der Waals surface area contributed by atoms with Gasteiger partial charge in [-0.15, -0.1) is 0 Å². The lowest BCUT2D eigenvalue weighted by Crippen LogP contribution is -2.38. The van der Waals surface area contributed by atoms with E-state index in [0.717, 1.165) is 32.0 Å². The molecule has 0 radical (unpaired) electrons. The topological polar surface area (TPSA) is 41.5 Å². The summed E-state index contributed by atoms with van der Waals surface area (Å²) in [6.07, 6.45) is 3.25. The van der Waals surface area contributed by atoms with Crippen molar-refractivity contribution in [3.63, 3.8) is 0 Å². The van der Waals surface area contributed by atoms with Gasteiger partial charge in [-0.25, -0.2) is 0 Å². The van der Waals surface area contributed by atoms with Crippen LogP contribution in [0.2, 0.25) is 0 Å². The molecule has 0 aromatic carbocycles. The zero-order valence-electron chi connectivity index (χ0n) is 11.3. The van der Waals surface area contributed by atoms with Gasteiger partial charge in [0.2, 0.25) is 0 Å². The van der Waals surface area contributed by atoms with Gasteiger partial charge in [0.15, 0.2) is 0 Å². The number of rotatable bonds is 10. The van der Waals surface area contributed by atoms with Crippen LogP contribution in [0.15, 0.2) is 0 Å². The third-order valence-corrected chi connectivity index (χ3v) is 2.47. The number of aliphatic hydroxyl groups excluding tert-OH is 1. The van der Waals surface area contributed by atoms with Crippen LogP contribution in [0.3, 0.4) is 0 Å². The molecule has 0 bridgehead atoms. The summed E-state index contributed by atoms with van der Waals surface area (Å²) in [5.41, 5.74) is 0. The summed E-state index contributed by atoms with van der Waals surface area (Å²) in [6.45, 7) is 10.4. The number of aliphatic hydroxyl groups is 1. The largest absolute Gasteiger partial charge is 0.395 e. The third-order valence-electron chi connectivity index (χ3n) is 2.47. The van der Waals surface area contributed by atoms with Crippen molar-refractivity contribution in [3.05, 3.63) is 0 Å². The van der Waals surface area contributed by atoms with E-state index in [4.69, 9.17) is 9.84 Å². The molecule has 0 rings (SSSR count). The van der Waals surface area contributed by atoms with E-state index in [9.17, 15) is 0 Å². The molecule has 0 fully saturated rings. The predicted octanol–water partition coefficient (Wildman–Crippen LogP) is 2.19. The molecule has 0 aliphatic rings. The lowest BCUT2D eigenvalue weighted by atomic mass is 10.1. The minimum absolute atomic E-state index is 0.171. The molecule has 2 N–H and O–H groups in total. The molecule has 98 valence electrons. The number of ether oxygens (including phenoxy) is 1. The summed E-state index contributed by atoms with van der Waals surface area (Å²) in [5.74, 6) is 0.761. The minimum atomic E-state index is 0.171. The standard InChI is InChI=1S/C13H29NO2/c1-11(2)6-5-8-16-9-7-13(10-15)14-12(3)4/h11-15H,5-10H2,1-4H3. The SMILES string of the molecule is CC(C)CCCOCCC(CO)NC(C)C. The van der Waals surface area contributed by atoms with Gasteiger partial charge in [0.25, 0.3) is 0 Å². The molecule has 3 heteroatoms. The molecule has 16 heavy (non-hydrogen) atoms. The van der Waals surface area contributed by atoms with Crippen LogP contribution in [0.5, 0.6) is 0 Å². The Bertz CT molecular complexity index is 149. The smallest absolute Gasteiger partial charge is 0.0585 e. The molecule has 0 heterocycles. The average Bonchev–Trinajstić information content (AvgIpc) is 2.20. The quantitative estimate of drug-likeness (QED) is 0.566. The Kier molecular flexibility index (Phi) is 9.99. The first-order valence-electron chi connectivity index (χ1n) is 6.51. The average molecular weight is 231 g/mol.